The second-order valence-electron chi connectivity index (χ2n) is 5.69. The molecule has 0 fully saturated rings. The number of nitrogens with zero attached hydrogens (tertiary/aromatic N) is 4. The molecule has 1 heterocycles. The van der Waals surface area contributed by atoms with Crippen molar-refractivity contribution in [3.05, 3.63) is 48.5 Å². The second kappa shape index (κ2) is 8.60. The zero-order valence-corrected chi connectivity index (χ0v) is 16.2. The first-order valence-corrected chi connectivity index (χ1v) is 9.43. The van der Waals surface area contributed by atoms with Crippen molar-refractivity contribution < 1.29 is 9.47 Å². The largest absolute Gasteiger partial charge is 0.497 e. The summed E-state index contributed by atoms with van der Waals surface area (Å²) in [7, 11) is 1.63. The Hall–Kier alpha value is -2.98. The minimum atomic E-state index is -0.237. The maximum Gasteiger partial charge on any atom is 0.197 e. The Bertz CT molecular complexity index is 930. The monoisotopic (exact) mass is 380 g/mol. The van der Waals surface area contributed by atoms with E-state index in [9.17, 15) is 5.26 Å². The first-order valence-electron chi connectivity index (χ1n) is 8.55. The summed E-state index contributed by atoms with van der Waals surface area (Å²) in [5.74, 6) is 2.29. The molecule has 0 unspecified atom stereocenters. The van der Waals surface area contributed by atoms with Crippen LogP contribution < -0.4 is 9.47 Å². The lowest BCUT2D eigenvalue weighted by Gasteiger charge is -2.12. The lowest BCUT2D eigenvalue weighted by atomic mass is 10.2. The Balaban J connectivity index is 2.06. The fourth-order valence-corrected chi connectivity index (χ4v) is 3.30. The summed E-state index contributed by atoms with van der Waals surface area (Å²) in [6.07, 6.45) is 0. The van der Waals surface area contributed by atoms with E-state index in [1.54, 1.807) is 7.11 Å². The molecule has 0 saturated carbocycles. The Morgan fingerprint density at radius 2 is 1.74 bits per heavy atom. The zero-order valence-electron chi connectivity index (χ0n) is 15.4. The average molecular weight is 380 g/mol. The number of hydrogen-bond donors (Lipinski definition) is 0. The average Bonchev–Trinajstić information content (AvgIpc) is 3.12. The van der Waals surface area contributed by atoms with Crippen molar-refractivity contribution in [3.8, 4) is 34.6 Å². The van der Waals surface area contributed by atoms with Crippen molar-refractivity contribution >= 4 is 11.8 Å². The van der Waals surface area contributed by atoms with E-state index in [0.717, 1.165) is 22.7 Å². The van der Waals surface area contributed by atoms with Gasteiger partial charge in [0.25, 0.3) is 0 Å². The summed E-state index contributed by atoms with van der Waals surface area (Å²) in [5, 5.41) is 18.3. The predicted octanol–water partition coefficient (Wildman–Crippen LogP) is 4.35. The molecule has 2 aromatic carbocycles. The van der Waals surface area contributed by atoms with Gasteiger partial charge in [0.1, 0.15) is 11.5 Å². The Labute approximate surface area is 162 Å². The minimum absolute atomic E-state index is 0.237. The highest BCUT2D eigenvalue weighted by Gasteiger charge is 2.18. The van der Waals surface area contributed by atoms with Crippen LogP contribution in [0.1, 0.15) is 13.8 Å². The second-order valence-corrected chi connectivity index (χ2v) is 6.99. The van der Waals surface area contributed by atoms with Crippen LogP contribution in [0.15, 0.2) is 53.7 Å². The maximum atomic E-state index is 9.18. The van der Waals surface area contributed by atoms with E-state index in [2.05, 4.69) is 16.3 Å². The van der Waals surface area contributed by atoms with Crippen LogP contribution in [0.5, 0.6) is 11.5 Å². The highest BCUT2D eigenvalue weighted by molar-refractivity contribution is 8.00. The number of ether oxygens (including phenoxy) is 2. The van der Waals surface area contributed by atoms with E-state index >= 15 is 0 Å². The lowest BCUT2D eigenvalue weighted by Crippen LogP contribution is -2.02. The third kappa shape index (κ3) is 4.23. The van der Waals surface area contributed by atoms with Crippen LogP contribution in [0.2, 0.25) is 0 Å². The molecule has 0 aliphatic carbocycles. The summed E-state index contributed by atoms with van der Waals surface area (Å²) < 4.78 is 12.7. The van der Waals surface area contributed by atoms with Crippen LogP contribution in [0.25, 0.3) is 17.1 Å². The number of methoxy groups -OCH3 is 1. The zero-order chi connectivity index (χ0) is 19.2. The highest BCUT2D eigenvalue weighted by atomic mass is 32.2. The number of hydrogen-bond acceptors (Lipinski definition) is 6. The standard InChI is InChI=1S/C20H20N4O2S/c1-4-26-18-11-7-16(8-12-18)24-19(15-5-9-17(25-3)10-6-15)22-23-20(24)27-14(2)13-21/h5-12,14H,4H2,1-3H3/t14-/m0/s1. The fraction of sp³-hybridized carbons (Fsp3) is 0.250. The Kier molecular flexibility index (Phi) is 5.99. The van der Waals surface area contributed by atoms with Crippen molar-refractivity contribution in [3.63, 3.8) is 0 Å². The molecule has 0 radical (unpaired) electrons. The van der Waals surface area contributed by atoms with Gasteiger partial charge in [0, 0.05) is 11.3 Å². The lowest BCUT2D eigenvalue weighted by molar-refractivity contribution is 0.340. The van der Waals surface area contributed by atoms with Crippen molar-refractivity contribution in [1.82, 2.24) is 14.8 Å². The molecule has 0 saturated heterocycles. The van der Waals surface area contributed by atoms with E-state index < -0.39 is 0 Å². The van der Waals surface area contributed by atoms with Crippen molar-refractivity contribution in [2.24, 2.45) is 0 Å². The van der Waals surface area contributed by atoms with Crippen molar-refractivity contribution in [2.45, 2.75) is 24.3 Å². The van der Waals surface area contributed by atoms with Gasteiger partial charge in [-0.25, -0.2) is 0 Å². The van der Waals surface area contributed by atoms with Crippen molar-refractivity contribution in [1.29, 1.82) is 5.26 Å². The van der Waals surface area contributed by atoms with Crippen LogP contribution in [0.3, 0.4) is 0 Å². The molecule has 1 aromatic heterocycles. The van der Waals surface area contributed by atoms with Gasteiger partial charge in [0.2, 0.25) is 0 Å². The molecule has 0 amide bonds. The van der Waals surface area contributed by atoms with Gasteiger partial charge in [-0.3, -0.25) is 4.57 Å². The Morgan fingerprint density at radius 1 is 1.07 bits per heavy atom. The summed E-state index contributed by atoms with van der Waals surface area (Å²) in [6, 6.07) is 17.6. The molecule has 0 aliphatic heterocycles. The number of benzene rings is 2. The molecule has 0 aliphatic rings. The van der Waals surface area contributed by atoms with Gasteiger partial charge in [-0.05, 0) is 62.4 Å². The SMILES string of the molecule is CCOc1ccc(-n2c(S[C@@H](C)C#N)nnc2-c2ccc(OC)cc2)cc1. The normalized spacial score (nSPS) is 11.6. The number of nitriles is 1. The molecule has 6 nitrogen and oxygen atoms in total. The molecule has 3 rings (SSSR count). The van der Waals surface area contributed by atoms with E-state index in [1.165, 1.54) is 11.8 Å². The van der Waals surface area contributed by atoms with Gasteiger partial charge in [-0.1, -0.05) is 11.8 Å². The van der Waals surface area contributed by atoms with Crippen LogP contribution in [0.4, 0.5) is 0 Å². The van der Waals surface area contributed by atoms with Gasteiger partial charge in [0.15, 0.2) is 11.0 Å². The quantitative estimate of drug-likeness (QED) is 0.568. The van der Waals surface area contributed by atoms with E-state index in [4.69, 9.17) is 9.47 Å². The topological polar surface area (TPSA) is 73.0 Å². The third-order valence-electron chi connectivity index (χ3n) is 3.85. The highest BCUT2D eigenvalue weighted by Crippen LogP contribution is 2.31. The molecule has 27 heavy (non-hydrogen) atoms. The smallest absolute Gasteiger partial charge is 0.197 e. The van der Waals surface area contributed by atoms with Gasteiger partial charge < -0.3 is 9.47 Å². The van der Waals surface area contributed by atoms with Gasteiger partial charge >= 0.3 is 0 Å². The molecular weight excluding hydrogens is 360 g/mol. The van der Waals surface area contributed by atoms with Crippen molar-refractivity contribution in [2.75, 3.05) is 13.7 Å². The van der Waals surface area contributed by atoms with Gasteiger partial charge in [-0.2, -0.15) is 5.26 Å². The first kappa shape index (κ1) is 18.8. The van der Waals surface area contributed by atoms with Crippen LogP contribution in [-0.2, 0) is 0 Å². The Morgan fingerprint density at radius 3 is 2.33 bits per heavy atom. The molecule has 0 spiro atoms. The van der Waals surface area contributed by atoms with E-state index in [1.807, 2.05) is 66.9 Å². The first-order chi connectivity index (χ1) is 13.2. The van der Waals surface area contributed by atoms with Gasteiger partial charge in [0.05, 0.1) is 25.0 Å². The van der Waals surface area contributed by atoms with E-state index in [-0.39, 0.29) is 5.25 Å². The number of rotatable bonds is 7. The minimum Gasteiger partial charge on any atom is -0.497 e. The van der Waals surface area contributed by atoms with Crippen LogP contribution >= 0.6 is 11.8 Å². The van der Waals surface area contributed by atoms with Gasteiger partial charge in [-0.15, -0.1) is 10.2 Å². The maximum absolute atomic E-state index is 9.18. The molecule has 1 atom stereocenters. The summed E-state index contributed by atoms with van der Waals surface area (Å²) in [6.45, 7) is 4.41. The molecule has 138 valence electrons. The molecule has 7 heteroatoms. The predicted molar refractivity (Wildman–Crippen MR) is 105 cm³/mol. The summed E-state index contributed by atoms with van der Waals surface area (Å²) in [4.78, 5) is 0. The number of aromatic nitrogens is 3. The summed E-state index contributed by atoms with van der Waals surface area (Å²) in [5.41, 5.74) is 1.82. The molecular formula is C20H20N4O2S. The third-order valence-corrected chi connectivity index (χ3v) is 4.79. The van der Waals surface area contributed by atoms with Crippen LogP contribution in [0, 0.1) is 11.3 Å². The molecule has 0 bridgehead atoms. The van der Waals surface area contributed by atoms with E-state index in [0.29, 0.717) is 17.6 Å². The fourth-order valence-electron chi connectivity index (χ4n) is 2.55. The molecule has 3 aromatic rings. The summed E-state index contributed by atoms with van der Waals surface area (Å²) >= 11 is 1.37. The van der Waals surface area contributed by atoms with Crippen LogP contribution in [-0.4, -0.2) is 33.7 Å². The number of thioether (sulfide) groups is 1. The molecule has 0 N–H and O–H groups in total.